The van der Waals surface area contributed by atoms with Crippen LogP contribution in [0.3, 0.4) is 0 Å². The summed E-state index contributed by atoms with van der Waals surface area (Å²) < 4.78 is 0. The van der Waals surface area contributed by atoms with Gasteiger partial charge < -0.3 is 20.7 Å². The Kier molecular flexibility index (Phi) is 7.46. The van der Waals surface area contributed by atoms with E-state index in [-0.39, 0.29) is 18.4 Å². The zero-order chi connectivity index (χ0) is 18.2. The summed E-state index contributed by atoms with van der Waals surface area (Å²) in [5.41, 5.74) is 0.875. The van der Waals surface area contributed by atoms with Gasteiger partial charge in [0.05, 0.1) is 5.94 Å². The lowest BCUT2D eigenvalue weighted by molar-refractivity contribution is -0.135. The largest absolute Gasteiger partial charge is 0.475 e. The van der Waals surface area contributed by atoms with Gasteiger partial charge in [0, 0.05) is 6.04 Å². The zero-order valence-corrected chi connectivity index (χ0v) is 14.6. The number of nitrogens with one attached hydrogen (secondary N) is 2. The molecule has 7 heteroatoms. The summed E-state index contributed by atoms with van der Waals surface area (Å²) in [5, 5.41) is 24.6. The first-order valence-corrected chi connectivity index (χ1v) is 8.98. The molecule has 1 aliphatic rings. The topological polar surface area (TPSA) is 98.7 Å². The van der Waals surface area contributed by atoms with E-state index >= 15 is 0 Å². The van der Waals surface area contributed by atoms with E-state index in [4.69, 9.17) is 0 Å². The number of hydrogen-bond donors (Lipinski definition) is 4. The molecule has 136 valence electrons. The van der Waals surface area contributed by atoms with Crippen molar-refractivity contribution in [2.45, 2.75) is 57.4 Å². The molecule has 0 heterocycles. The number of benzene rings is 1. The molecule has 0 saturated heterocycles. The molecule has 0 radical (unpaired) electrons. The summed E-state index contributed by atoms with van der Waals surface area (Å²) in [6, 6.07) is 9.39. The van der Waals surface area contributed by atoms with Crippen LogP contribution in [0.25, 0.3) is 0 Å². The van der Waals surface area contributed by atoms with Gasteiger partial charge in [-0.15, -0.1) is 0 Å². The van der Waals surface area contributed by atoms with E-state index in [1.54, 1.807) is 0 Å². The first-order valence-electron chi connectivity index (χ1n) is 8.98. The van der Waals surface area contributed by atoms with Crippen LogP contribution in [-0.2, 0) is 16.0 Å². The van der Waals surface area contributed by atoms with Gasteiger partial charge in [0.1, 0.15) is 5.92 Å². The summed E-state index contributed by atoms with van der Waals surface area (Å²) in [7, 11) is -1.70. The average Bonchev–Trinajstić information content (AvgIpc) is 2.62. The van der Waals surface area contributed by atoms with E-state index in [2.05, 4.69) is 10.6 Å². The van der Waals surface area contributed by atoms with Gasteiger partial charge in [-0.1, -0.05) is 49.6 Å². The van der Waals surface area contributed by atoms with Crippen molar-refractivity contribution >= 4 is 18.9 Å². The number of amides is 2. The maximum absolute atomic E-state index is 12.3. The highest BCUT2D eigenvalue weighted by molar-refractivity contribution is 6.43. The Bertz CT molecular complexity index is 561. The van der Waals surface area contributed by atoms with Crippen LogP contribution in [-0.4, -0.2) is 41.0 Å². The van der Waals surface area contributed by atoms with Crippen molar-refractivity contribution in [3.8, 4) is 0 Å². The molecule has 1 aromatic rings. The molecular formula is C18H27BN2O4. The molecular weight excluding hydrogens is 319 g/mol. The first-order chi connectivity index (χ1) is 12.0. The number of rotatable bonds is 7. The third-order valence-corrected chi connectivity index (χ3v) is 4.72. The van der Waals surface area contributed by atoms with Gasteiger partial charge >= 0.3 is 7.12 Å². The maximum Gasteiger partial charge on any atom is 0.475 e. The molecule has 1 fully saturated rings. The monoisotopic (exact) mass is 346 g/mol. The fourth-order valence-electron chi connectivity index (χ4n) is 3.10. The van der Waals surface area contributed by atoms with Crippen molar-refractivity contribution in [1.82, 2.24) is 10.6 Å². The first kappa shape index (κ1) is 19.5. The van der Waals surface area contributed by atoms with Crippen LogP contribution in [0, 0.1) is 5.92 Å². The van der Waals surface area contributed by atoms with Crippen molar-refractivity contribution in [3.63, 3.8) is 0 Å². The third-order valence-electron chi connectivity index (χ3n) is 4.72. The highest BCUT2D eigenvalue weighted by Gasteiger charge is 2.30. The second kappa shape index (κ2) is 9.58. The predicted molar refractivity (Wildman–Crippen MR) is 96.4 cm³/mol. The average molecular weight is 346 g/mol. The van der Waals surface area contributed by atoms with Crippen LogP contribution in [0.1, 0.15) is 44.6 Å². The number of hydrogen-bond acceptors (Lipinski definition) is 4. The van der Waals surface area contributed by atoms with Gasteiger partial charge in [0.25, 0.3) is 0 Å². The van der Waals surface area contributed by atoms with Gasteiger partial charge in [-0.25, -0.2) is 0 Å². The molecule has 4 N–H and O–H groups in total. The smallest absolute Gasteiger partial charge is 0.426 e. The van der Waals surface area contributed by atoms with E-state index in [0.29, 0.717) is 0 Å². The highest BCUT2D eigenvalue weighted by atomic mass is 16.4. The van der Waals surface area contributed by atoms with Crippen LogP contribution in [0.4, 0.5) is 0 Å². The van der Waals surface area contributed by atoms with Gasteiger partial charge in [0.2, 0.25) is 11.8 Å². The van der Waals surface area contributed by atoms with E-state index in [1.165, 1.54) is 13.3 Å². The normalized spacial score (nSPS) is 17.4. The molecule has 1 aliphatic carbocycles. The standard InChI is InChI=1S/C18H27BN2O4/c1-13(17(22)20-15-10-6-3-7-11-15)18(23)21-16(19(24)25)12-14-8-4-2-5-9-14/h2,4-5,8-9,13,15-16,24-25H,3,6-7,10-12H2,1H3,(H,20,22)(H,21,23)/t13?,16-/m0/s1. The Labute approximate surface area is 149 Å². The zero-order valence-electron chi connectivity index (χ0n) is 14.6. The maximum atomic E-state index is 12.3. The highest BCUT2D eigenvalue weighted by Crippen LogP contribution is 2.17. The van der Waals surface area contributed by atoms with Gasteiger partial charge in [-0.3, -0.25) is 9.59 Å². The Morgan fingerprint density at radius 1 is 1.12 bits per heavy atom. The minimum Gasteiger partial charge on any atom is -0.426 e. The summed E-state index contributed by atoms with van der Waals surface area (Å²) in [5.74, 6) is -2.54. The summed E-state index contributed by atoms with van der Waals surface area (Å²) in [4.78, 5) is 24.6. The molecule has 2 rings (SSSR count). The van der Waals surface area contributed by atoms with Gasteiger partial charge in [-0.2, -0.15) is 0 Å². The molecule has 0 spiro atoms. The summed E-state index contributed by atoms with van der Waals surface area (Å²) >= 11 is 0. The fraction of sp³-hybridized carbons (Fsp3) is 0.556. The van der Waals surface area contributed by atoms with Gasteiger partial charge in [-0.05, 0) is 31.7 Å². The lowest BCUT2D eigenvalue weighted by Crippen LogP contribution is -2.52. The SMILES string of the molecule is CC(C(=O)NC1CCCCC1)C(=O)N[C@@H](Cc1ccccc1)B(O)O. The Hall–Kier alpha value is -1.86. The Morgan fingerprint density at radius 2 is 1.76 bits per heavy atom. The second-order valence-electron chi connectivity index (χ2n) is 6.78. The summed E-state index contributed by atoms with van der Waals surface area (Å²) in [6.45, 7) is 1.54. The van der Waals surface area contributed by atoms with Crippen LogP contribution in [0.15, 0.2) is 30.3 Å². The molecule has 2 atom stereocenters. The van der Waals surface area contributed by atoms with Crippen molar-refractivity contribution in [3.05, 3.63) is 35.9 Å². The van der Waals surface area contributed by atoms with Crippen LogP contribution >= 0.6 is 0 Å². The van der Waals surface area contributed by atoms with E-state index in [1.807, 2.05) is 30.3 Å². The third kappa shape index (κ3) is 6.18. The molecule has 25 heavy (non-hydrogen) atoms. The van der Waals surface area contributed by atoms with Crippen molar-refractivity contribution in [2.24, 2.45) is 5.92 Å². The number of carbonyl (C=O) groups is 2. The van der Waals surface area contributed by atoms with Crippen molar-refractivity contribution < 1.29 is 19.6 Å². The lowest BCUT2D eigenvalue weighted by atomic mass is 9.75. The quantitative estimate of drug-likeness (QED) is 0.434. The number of carbonyl (C=O) groups excluding carboxylic acids is 2. The van der Waals surface area contributed by atoms with E-state index in [0.717, 1.165) is 31.2 Å². The van der Waals surface area contributed by atoms with Crippen LogP contribution in [0.5, 0.6) is 0 Å². The van der Waals surface area contributed by atoms with Gasteiger partial charge in [0.15, 0.2) is 0 Å². The molecule has 6 nitrogen and oxygen atoms in total. The molecule has 1 unspecified atom stereocenters. The Morgan fingerprint density at radius 3 is 2.36 bits per heavy atom. The minimum absolute atomic E-state index is 0.139. The van der Waals surface area contributed by atoms with Crippen LogP contribution in [0.2, 0.25) is 0 Å². The molecule has 1 aromatic carbocycles. The van der Waals surface area contributed by atoms with E-state index in [9.17, 15) is 19.6 Å². The van der Waals surface area contributed by atoms with Crippen molar-refractivity contribution in [2.75, 3.05) is 0 Å². The minimum atomic E-state index is -1.70. The van der Waals surface area contributed by atoms with E-state index < -0.39 is 24.9 Å². The second-order valence-corrected chi connectivity index (χ2v) is 6.78. The Balaban J connectivity index is 1.89. The molecule has 0 aromatic heterocycles. The molecule has 2 amide bonds. The fourth-order valence-corrected chi connectivity index (χ4v) is 3.10. The van der Waals surface area contributed by atoms with Crippen LogP contribution < -0.4 is 10.6 Å². The van der Waals surface area contributed by atoms with Crippen molar-refractivity contribution in [1.29, 1.82) is 0 Å². The predicted octanol–water partition coefficient (Wildman–Crippen LogP) is 0.811. The lowest BCUT2D eigenvalue weighted by Gasteiger charge is -2.25. The summed E-state index contributed by atoms with van der Waals surface area (Å²) in [6.07, 6.45) is 5.57. The molecule has 1 saturated carbocycles. The molecule has 0 aliphatic heterocycles. The molecule has 0 bridgehead atoms.